The first-order valence-corrected chi connectivity index (χ1v) is 8.71. The van der Waals surface area contributed by atoms with Gasteiger partial charge in [-0.05, 0) is 34.1 Å². The summed E-state index contributed by atoms with van der Waals surface area (Å²) in [5.41, 5.74) is 4.98. The van der Waals surface area contributed by atoms with Crippen molar-refractivity contribution in [3.63, 3.8) is 0 Å². The first-order valence-electron chi connectivity index (χ1n) is 5.56. The Hall–Kier alpha value is -1.49. The number of rotatable bonds is 5. The molecule has 0 bridgehead atoms. The molecule has 0 radical (unpaired) electrons. The summed E-state index contributed by atoms with van der Waals surface area (Å²) in [6.45, 7) is 0.134. The Morgan fingerprint density at radius 1 is 1.38 bits per heavy atom. The number of nitro benzene ring substituents is 1. The molecule has 0 fully saturated rings. The fourth-order valence-electron chi connectivity index (χ4n) is 1.56. The van der Waals surface area contributed by atoms with Crippen molar-refractivity contribution in [3.8, 4) is 0 Å². The molecule has 0 aliphatic rings. The minimum atomic E-state index is -3.78. The van der Waals surface area contributed by atoms with Gasteiger partial charge in [0.2, 0.25) is 10.0 Å². The van der Waals surface area contributed by atoms with Crippen LogP contribution in [0.25, 0.3) is 0 Å². The highest BCUT2D eigenvalue weighted by molar-refractivity contribution is 9.10. The van der Waals surface area contributed by atoms with Crippen molar-refractivity contribution in [3.05, 3.63) is 49.1 Å². The van der Waals surface area contributed by atoms with E-state index in [1.165, 1.54) is 11.3 Å². The summed E-state index contributed by atoms with van der Waals surface area (Å²) in [5.74, 6) is 0. The van der Waals surface area contributed by atoms with E-state index < -0.39 is 14.9 Å². The van der Waals surface area contributed by atoms with E-state index in [0.29, 0.717) is 0 Å². The number of nitrogens with two attached hydrogens (primary N) is 1. The molecule has 0 atom stereocenters. The van der Waals surface area contributed by atoms with E-state index in [1.807, 2.05) is 5.38 Å². The zero-order valence-corrected chi connectivity index (χ0v) is 13.7. The molecule has 21 heavy (non-hydrogen) atoms. The number of hydrogen-bond acceptors (Lipinski definition) is 6. The Labute approximate surface area is 133 Å². The number of anilines is 1. The summed E-state index contributed by atoms with van der Waals surface area (Å²) in [6.07, 6.45) is 0. The topological polar surface area (TPSA) is 115 Å². The number of nitro groups is 1. The molecule has 2 aromatic rings. The lowest BCUT2D eigenvalue weighted by Crippen LogP contribution is -2.23. The lowest BCUT2D eigenvalue weighted by atomic mass is 10.3. The van der Waals surface area contributed by atoms with Crippen LogP contribution in [0, 0.1) is 10.1 Å². The molecule has 0 saturated heterocycles. The van der Waals surface area contributed by atoms with Gasteiger partial charge >= 0.3 is 0 Å². The van der Waals surface area contributed by atoms with E-state index in [1.54, 1.807) is 6.07 Å². The zero-order valence-electron chi connectivity index (χ0n) is 10.4. The van der Waals surface area contributed by atoms with E-state index >= 15 is 0 Å². The molecule has 0 saturated carbocycles. The SMILES string of the molecule is Nc1cc(S(=O)(=O)NCc2cc(Br)cs2)ccc1[N+](=O)[O-]. The highest BCUT2D eigenvalue weighted by Gasteiger charge is 2.19. The predicted molar refractivity (Wildman–Crippen MR) is 83.6 cm³/mol. The largest absolute Gasteiger partial charge is 0.393 e. The molecule has 1 heterocycles. The Balaban J connectivity index is 2.19. The van der Waals surface area contributed by atoms with Crippen LogP contribution in [0.15, 0.2) is 39.0 Å². The van der Waals surface area contributed by atoms with Crippen molar-refractivity contribution >= 4 is 48.7 Å². The molecule has 2 rings (SSSR count). The highest BCUT2D eigenvalue weighted by Crippen LogP contribution is 2.25. The molecule has 0 aliphatic heterocycles. The number of benzene rings is 1. The number of thiophene rings is 1. The number of halogens is 1. The number of sulfonamides is 1. The molecule has 0 amide bonds. The monoisotopic (exact) mass is 391 g/mol. The second-order valence-corrected chi connectivity index (χ2v) is 7.71. The van der Waals surface area contributed by atoms with Crippen LogP contribution in [0.1, 0.15) is 4.88 Å². The Kier molecular flexibility index (Phi) is 4.61. The molecule has 3 N–H and O–H groups in total. The first-order chi connectivity index (χ1) is 9.79. The maximum Gasteiger partial charge on any atom is 0.292 e. The highest BCUT2D eigenvalue weighted by atomic mass is 79.9. The quantitative estimate of drug-likeness (QED) is 0.461. The standard InChI is InChI=1S/C11H10BrN3O4S2/c12-7-3-8(20-6-7)5-14-21(18,19)9-1-2-11(15(16)17)10(13)4-9/h1-4,6,14H,5,13H2. The van der Waals surface area contributed by atoms with Gasteiger partial charge in [0, 0.05) is 27.3 Å². The summed E-state index contributed by atoms with van der Waals surface area (Å²) in [6, 6.07) is 5.11. The molecule has 1 aromatic carbocycles. The molecule has 7 nitrogen and oxygen atoms in total. The van der Waals surface area contributed by atoms with Crippen LogP contribution >= 0.6 is 27.3 Å². The van der Waals surface area contributed by atoms with E-state index in [0.717, 1.165) is 27.5 Å². The van der Waals surface area contributed by atoms with Crippen molar-refractivity contribution in [2.24, 2.45) is 0 Å². The minimum Gasteiger partial charge on any atom is -0.393 e. The van der Waals surface area contributed by atoms with Gasteiger partial charge in [0.1, 0.15) is 5.69 Å². The van der Waals surface area contributed by atoms with Crippen molar-refractivity contribution in [2.75, 3.05) is 5.73 Å². The smallest absolute Gasteiger partial charge is 0.292 e. The third-order valence-electron chi connectivity index (χ3n) is 2.56. The molecular formula is C11H10BrN3O4S2. The number of nitrogens with zero attached hydrogens (tertiary/aromatic N) is 1. The third kappa shape index (κ3) is 3.79. The van der Waals surface area contributed by atoms with Crippen LogP contribution in [0.2, 0.25) is 0 Å². The summed E-state index contributed by atoms with van der Waals surface area (Å²) in [5, 5.41) is 12.5. The third-order valence-corrected chi connectivity index (χ3v) is 5.66. The number of hydrogen-bond donors (Lipinski definition) is 2. The van der Waals surface area contributed by atoms with Crippen LogP contribution in [0.4, 0.5) is 11.4 Å². The zero-order chi connectivity index (χ0) is 15.6. The maximum absolute atomic E-state index is 12.1. The summed E-state index contributed by atoms with van der Waals surface area (Å²) >= 11 is 4.69. The number of nitrogen functional groups attached to an aromatic ring is 1. The van der Waals surface area contributed by atoms with Crippen LogP contribution in [-0.2, 0) is 16.6 Å². The fourth-order valence-corrected chi connectivity index (χ4v) is 4.09. The van der Waals surface area contributed by atoms with Gasteiger partial charge in [0.15, 0.2) is 0 Å². The Bertz CT molecular complexity index is 789. The van der Waals surface area contributed by atoms with Gasteiger partial charge in [-0.2, -0.15) is 0 Å². The predicted octanol–water partition coefficient (Wildman–Crippen LogP) is 2.48. The average Bonchev–Trinajstić information content (AvgIpc) is 2.82. The average molecular weight is 392 g/mol. The molecular weight excluding hydrogens is 382 g/mol. The van der Waals surface area contributed by atoms with Gasteiger partial charge in [0.25, 0.3) is 5.69 Å². The van der Waals surface area contributed by atoms with Crippen LogP contribution in [-0.4, -0.2) is 13.3 Å². The molecule has 0 unspecified atom stereocenters. The van der Waals surface area contributed by atoms with Crippen LogP contribution < -0.4 is 10.5 Å². The van der Waals surface area contributed by atoms with Crippen molar-refractivity contribution < 1.29 is 13.3 Å². The number of nitrogens with one attached hydrogen (secondary N) is 1. The molecule has 10 heteroatoms. The van der Waals surface area contributed by atoms with E-state index in [9.17, 15) is 18.5 Å². The van der Waals surface area contributed by atoms with Crippen molar-refractivity contribution in [1.29, 1.82) is 0 Å². The maximum atomic E-state index is 12.1. The van der Waals surface area contributed by atoms with E-state index in [2.05, 4.69) is 20.7 Å². The van der Waals surface area contributed by atoms with Gasteiger partial charge in [-0.3, -0.25) is 10.1 Å². The van der Waals surface area contributed by atoms with E-state index in [4.69, 9.17) is 5.73 Å². The van der Waals surface area contributed by atoms with E-state index in [-0.39, 0.29) is 22.8 Å². The Morgan fingerprint density at radius 3 is 2.62 bits per heavy atom. The fraction of sp³-hybridized carbons (Fsp3) is 0.0909. The van der Waals surface area contributed by atoms with Gasteiger partial charge in [0.05, 0.1) is 9.82 Å². The molecule has 0 aliphatic carbocycles. The van der Waals surface area contributed by atoms with Crippen molar-refractivity contribution in [2.45, 2.75) is 11.4 Å². The first kappa shape index (κ1) is 15.9. The van der Waals surface area contributed by atoms with Gasteiger partial charge in [-0.1, -0.05) is 0 Å². The molecule has 112 valence electrons. The second kappa shape index (κ2) is 6.10. The van der Waals surface area contributed by atoms with Gasteiger partial charge in [-0.15, -0.1) is 11.3 Å². The molecule has 0 spiro atoms. The molecule has 1 aromatic heterocycles. The second-order valence-electron chi connectivity index (χ2n) is 4.03. The minimum absolute atomic E-state index is 0.110. The summed E-state index contributed by atoms with van der Waals surface area (Å²) < 4.78 is 27.5. The lowest BCUT2D eigenvalue weighted by molar-refractivity contribution is -0.383. The summed E-state index contributed by atoms with van der Waals surface area (Å²) in [4.78, 5) is 10.7. The lowest BCUT2D eigenvalue weighted by Gasteiger charge is -2.06. The van der Waals surface area contributed by atoms with Gasteiger partial charge < -0.3 is 5.73 Å². The van der Waals surface area contributed by atoms with Crippen LogP contribution in [0.3, 0.4) is 0 Å². The van der Waals surface area contributed by atoms with Crippen LogP contribution in [0.5, 0.6) is 0 Å². The van der Waals surface area contributed by atoms with Crippen molar-refractivity contribution in [1.82, 2.24) is 4.72 Å². The summed E-state index contributed by atoms with van der Waals surface area (Å²) in [7, 11) is -3.78. The van der Waals surface area contributed by atoms with Gasteiger partial charge in [-0.25, -0.2) is 13.1 Å². The Morgan fingerprint density at radius 2 is 2.10 bits per heavy atom. The normalized spacial score (nSPS) is 11.5.